The molecule has 0 radical (unpaired) electrons. The van der Waals surface area contributed by atoms with Crippen molar-refractivity contribution in [2.24, 2.45) is 0 Å². The Hall–Kier alpha value is -2.29. The summed E-state index contributed by atoms with van der Waals surface area (Å²) in [5.41, 5.74) is -0.685. The van der Waals surface area contributed by atoms with Crippen molar-refractivity contribution < 1.29 is 31.1 Å². The van der Waals surface area contributed by atoms with E-state index in [4.69, 9.17) is 4.74 Å². The second kappa shape index (κ2) is 8.68. The van der Waals surface area contributed by atoms with Gasteiger partial charge in [-0.15, -0.1) is 0 Å². The van der Waals surface area contributed by atoms with E-state index in [1.165, 1.54) is 19.2 Å². The Balaban J connectivity index is 1.83. The summed E-state index contributed by atoms with van der Waals surface area (Å²) in [7, 11) is 3.56. The van der Waals surface area contributed by atoms with Crippen LogP contribution in [0.15, 0.2) is 36.5 Å². The third kappa shape index (κ3) is 5.50. The molecule has 0 saturated heterocycles. The van der Waals surface area contributed by atoms with E-state index in [1.54, 1.807) is 20.2 Å². The van der Waals surface area contributed by atoms with E-state index < -0.39 is 35.5 Å². The normalized spacial score (nSPS) is 22.6. The van der Waals surface area contributed by atoms with E-state index >= 15 is 0 Å². The fourth-order valence-electron chi connectivity index (χ4n) is 4.07. The second-order valence-electron chi connectivity index (χ2n) is 8.18. The van der Waals surface area contributed by atoms with E-state index in [1.807, 2.05) is 4.90 Å². The van der Waals surface area contributed by atoms with Crippen LogP contribution in [0.25, 0.3) is 0 Å². The zero-order chi connectivity index (χ0) is 23.0. The molecule has 3 rings (SSSR count). The molecule has 9 heteroatoms. The smallest absolute Gasteiger partial charge is 0.421 e. The van der Waals surface area contributed by atoms with E-state index in [0.29, 0.717) is 30.4 Å². The molecule has 1 saturated carbocycles. The summed E-state index contributed by atoms with van der Waals surface area (Å²) in [6.45, 7) is 1.52. The van der Waals surface area contributed by atoms with Gasteiger partial charge in [-0.2, -0.15) is 26.3 Å². The molecule has 0 N–H and O–H groups in total. The van der Waals surface area contributed by atoms with E-state index in [0.717, 1.165) is 18.2 Å². The van der Waals surface area contributed by atoms with Gasteiger partial charge in [-0.3, -0.25) is 0 Å². The highest BCUT2D eigenvalue weighted by molar-refractivity contribution is 5.33. The Labute approximate surface area is 177 Å². The van der Waals surface area contributed by atoms with Crippen molar-refractivity contribution in [3.63, 3.8) is 0 Å². The lowest BCUT2D eigenvalue weighted by atomic mass is 9.79. The van der Waals surface area contributed by atoms with Gasteiger partial charge in [-0.05, 0) is 69.5 Å². The number of likely N-dealkylation sites (N-methyl/N-ethyl adjacent to an activating group) is 1. The predicted molar refractivity (Wildman–Crippen MR) is 104 cm³/mol. The quantitative estimate of drug-likeness (QED) is 0.533. The fraction of sp³-hybridized carbons (Fsp3) is 0.500. The van der Waals surface area contributed by atoms with Crippen LogP contribution in [-0.2, 0) is 12.4 Å². The van der Waals surface area contributed by atoms with E-state index in [-0.39, 0.29) is 12.0 Å². The number of aryl methyl sites for hydroxylation is 1. The summed E-state index contributed by atoms with van der Waals surface area (Å²) in [6, 6.07) is 5.96. The van der Waals surface area contributed by atoms with Crippen LogP contribution >= 0.6 is 0 Å². The molecule has 31 heavy (non-hydrogen) atoms. The first-order chi connectivity index (χ1) is 14.4. The number of pyridine rings is 1. The van der Waals surface area contributed by atoms with Crippen LogP contribution in [0.2, 0.25) is 0 Å². The molecule has 1 aromatic heterocycles. The zero-order valence-electron chi connectivity index (χ0n) is 17.4. The van der Waals surface area contributed by atoms with Crippen molar-refractivity contribution in [3.05, 3.63) is 58.8 Å². The predicted octanol–water partition coefficient (Wildman–Crippen LogP) is 6.07. The van der Waals surface area contributed by atoms with E-state index in [2.05, 4.69) is 4.98 Å². The number of hydrogen-bond donors (Lipinski definition) is 0. The highest BCUT2D eigenvalue weighted by atomic mass is 19.4. The van der Waals surface area contributed by atoms with Gasteiger partial charge in [0, 0.05) is 12.2 Å². The second-order valence-corrected chi connectivity index (χ2v) is 8.18. The molecule has 0 unspecified atom stereocenters. The number of aromatic nitrogens is 1. The minimum Gasteiger partial charge on any atom is -0.472 e. The lowest BCUT2D eigenvalue weighted by Crippen LogP contribution is -2.46. The maximum atomic E-state index is 13.4. The molecule has 1 aromatic carbocycles. The maximum absolute atomic E-state index is 13.4. The van der Waals surface area contributed by atoms with E-state index in [9.17, 15) is 26.3 Å². The summed E-state index contributed by atoms with van der Waals surface area (Å²) in [5, 5.41) is 0. The zero-order valence-corrected chi connectivity index (χ0v) is 17.4. The van der Waals surface area contributed by atoms with Crippen molar-refractivity contribution in [1.29, 1.82) is 0 Å². The Bertz CT molecular complexity index is 910. The van der Waals surface area contributed by atoms with Crippen molar-refractivity contribution in [3.8, 4) is 5.88 Å². The minimum absolute atomic E-state index is 0.150. The molecule has 2 aromatic rings. The van der Waals surface area contributed by atoms with Gasteiger partial charge in [-0.1, -0.05) is 18.2 Å². The Kier molecular flexibility index (Phi) is 6.55. The van der Waals surface area contributed by atoms with Crippen LogP contribution in [-0.4, -0.2) is 36.1 Å². The van der Waals surface area contributed by atoms with Crippen LogP contribution in [0.3, 0.4) is 0 Å². The van der Waals surface area contributed by atoms with Crippen LogP contribution in [0.4, 0.5) is 26.3 Å². The third-order valence-corrected chi connectivity index (χ3v) is 5.66. The van der Waals surface area contributed by atoms with Gasteiger partial charge in [0.15, 0.2) is 0 Å². The number of benzene rings is 1. The molecular weight excluding hydrogens is 422 g/mol. The number of halogens is 6. The van der Waals surface area contributed by atoms with Crippen LogP contribution in [0, 0.1) is 6.92 Å². The molecule has 170 valence electrons. The molecule has 0 spiro atoms. The maximum Gasteiger partial charge on any atom is 0.421 e. The molecule has 1 aliphatic rings. The summed E-state index contributed by atoms with van der Waals surface area (Å²) in [6.07, 6.45) is -6.90. The van der Waals surface area contributed by atoms with Gasteiger partial charge in [0.05, 0.1) is 5.56 Å². The number of rotatable bonds is 4. The summed E-state index contributed by atoms with van der Waals surface area (Å²) in [4.78, 5) is 5.70. The molecule has 0 amide bonds. The van der Waals surface area contributed by atoms with Crippen molar-refractivity contribution in [2.45, 2.75) is 56.6 Å². The third-order valence-electron chi connectivity index (χ3n) is 5.66. The fourth-order valence-corrected chi connectivity index (χ4v) is 4.07. The monoisotopic (exact) mass is 446 g/mol. The topological polar surface area (TPSA) is 25.4 Å². The number of ether oxygens (including phenoxy) is 1. The molecule has 1 aliphatic carbocycles. The standard InChI is InChI=1S/C22H24F6N2O/c1-13-9-17(22(26,27)28)20(29-12-13)31-19-8-7-15(11-18(19)30(2)3)14-5-4-6-16(10-14)21(23,24)25/h4-6,9-10,12,15,18-19H,7-8,11H2,1-3H3/t15-,18-,19-/m0/s1. The first kappa shape index (κ1) is 23.4. The Morgan fingerprint density at radius 3 is 2.32 bits per heavy atom. The summed E-state index contributed by atoms with van der Waals surface area (Å²) in [5.74, 6) is -0.616. The van der Waals surface area contributed by atoms with Crippen molar-refractivity contribution in [2.75, 3.05) is 14.1 Å². The Morgan fingerprint density at radius 2 is 1.71 bits per heavy atom. The van der Waals surface area contributed by atoms with Crippen LogP contribution in [0.5, 0.6) is 5.88 Å². The first-order valence-electron chi connectivity index (χ1n) is 9.90. The largest absolute Gasteiger partial charge is 0.472 e. The number of nitrogens with zero attached hydrogens (tertiary/aromatic N) is 2. The molecular formula is C22H24F6N2O. The molecule has 1 fully saturated rings. The highest BCUT2D eigenvalue weighted by Gasteiger charge is 2.39. The van der Waals surface area contributed by atoms with Gasteiger partial charge in [-0.25, -0.2) is 4.98 Å². The van der Waals surface area contributed by atoms with Gasteiger partial charge in [0.1, 0.15) is 11.7 Å². The SMILES string of the molecule is Cc1cnc(O[C@H]2CC[C@H](c3cccc(C(F)(F)F)c3)C[C@@H]2N(C)C)c(C(F)(F)F)c1. The number of hydrogen-bond acceptors (Lipinski definition) is 3. The minimum atomic E-state index is -4.60. The number of alkyl halides is 6. The average Bonchev–Trinajstić information content (AvgIpc) is 2.68. The van der Waals surface area contributed by atoms with Crippen molar-refractivity contribution in [1.82, 2.24) is 9.88 Å². The highest BCUT2D eigenvalue weighted by Crippen LogP contribution is 2.41. The Morgan fingerprint density at radius 1 is 1.00 bits per heavy atom. The molecule has 3 atom stereocenters. The lowest BCUT2D eigenvalue weighted by molar-refractivity contribution is -0.140. The summed E-state index contributed by atoms with van der Waals surface area (Å²) >= 11 is 0. The van der Waals surface area contributed by atoms with Crippen LogP contribution < -0.4 is 4.74 Å². The summed E-state index contributed by atoms with van der Waals surface area (Å²) < 4.78 is 85.3. The van der Waals surface area contributed by atoms with Gasteiger partial charge >= 0.3 is 12.4 Å². The van der Waals surface area contributed by atoms with Gasteiger partial charge < -0.3 is 9.64 Å². The van der Waals surface area contributed by atoms with Crippen molar-refractivity contribution >= 4 is 0 Å². The molecule has 0 bridgehead atoms. The molecule has 0 aliphatic heterocycles. The van der Waals surface area contributed by atoms with Gasteiger partial charge in [0.2, 0.25) is 5.88 Å². The van der Waals surface area contributed by atoms with Crippen LogP contribution in [0.1, 0.15) is 47.4 Å². The van der Waals surface area contributed by atoms with Gasteiger partial charge in [0.25, 0.3) is 0 Å². The lowest BCUT2D eigenvalue weighted by Gasteiger charge is -2.40. The average molecular weight is 446 g/mol. The molecule has 1 heterocycles. The first-order valence-corrected chi connectivity index (χ1v) is 9.90. The molecule has 3 nitrogen and oxygen atoms in total.